The van der Waals surface area contributed by atoms with Crippen molar-refractivity contribution in [1.29, 1.82) is 0 Å². The van der Waals surface area contributed by atoms with Crippen LogP contribution in [0.1, 0.15) is 25.3 Å². The number of aromatic nitrogens is 1. The molecule has 4 nitrogen and oxygen atoms in total. The van der Waals surface area contributed by atoms with Crippen LogP contribution in [0.5, 0.6) is 0 Å². The molecule has 106 valence electrons. The molecule has 1 aromatic carbocycles. The van der Waals surface area contributed by atoms with Crippen LogP contribution < -0.4 is 10.6 Å². The van der Waals surface area contributed by atoms with E-state index >= 15 is 0 Å². The second-order valence-corrected chi connectivity index (χ2v) is 6.65. The van der Waals surface area contributed by atoms with Crippen molar-refractivity contribution in [2.24, 2.45) is 5.92 Å². The quantitative estimate of drug-likeness (QED) is 0.893. The third kappa shape index (κ3) is 2.83. The van der Waals surface area contributed by atoms with Crippen LogP contribution in [0.25, 0.3) is 10.2 Å². The molecule has 2 atom stereocenters. The predicted octanol–water partition coefficient (Wildman–Crippen LogP) is 2.93. The van der Waals surface area contributed by atoms with E-state index in [1.165, 1.54) is 16.9 Å². The van der Waals surface area contributed by atoms with Gasteiger partial charge in [0, 0.05) is 0 Å². The monoisotopic (exact) mass is 289 g/mol. The number of nitrogens with zero attached hydrogens (tertiary/aromatic N) is 1. The van der Waals surface area contributed by atoms with Gasteiger partial charge >= 0.3 is 0 Å². The van der Waals surface area contributed by atoms with Gasteiger partial charge < -0.3 is 10.6 Å². The van der Waals surface area contributed by atoms with Gasteiger partial charge in [0.05, 0.1) is 16.3 Å². The first kappa shape index (κ1) is 13.5. The van der Waals surface area contributed by atoms with E-state index in [9.17, 15) is 4.79 Å². The van der Waals surface area contributed by atoms with Gasteiger partial charge in [-0.05, 0) is 49.9 Å². The number of carbonyl (C=O) groups is 1. The number of aryl methyl sites for hydroxylation is 1. The Hall–Kier alpha value is -1.46. The third-order valence-corrected chi connectivity index (χ3v) is 4.69. The van der Waals surface area contributed by atoms with Gasteiger partial charge in [-0.1, -0.05) is 24.3 Å². The second kappa shape index (κ2) is 5.50. The molecule has 1 aliphatic rings. The van der Waals surface area contributed by atoms with Gasteiger partial charge in [0.25, 0.3) is 0 Å². The number of hydrogen-bond acceptors (Lipinski definition) is 4. The summed E-state index contributed by atoms with van der Waals surface area (Å²) in [6.45, 7) is 5.17. The van der Waals surface area contributed by atoms with Crippen LogP contribution in [0.4, 0.5) is 5.13 Å². The largest absolute Gasteiger partial charge is 0.306 e. The van der Waals surface area contributed by atoms with Crippen molar-refractivity contribution in [1.82, 2.24) is 10.3 Å². The topological polar surface area (TPSA) is 54.0 Å². The molecule has 20 heavy (non-hydrogen) atoms. The van der Waals surface area contributed by atoms with Crippen LogP contribution in [0.15, 0.2) is 18.2 Å². The lowest BCUT2D eigenvalue weighted by Gasteiger charge is -2.26. The van der Waals surface area contributed by atoms with Crippen LogP contribution in [0.3, 0.4) is 0 Å². The fraction of sp³-hybridized carbons (Fsp3) is 0.467. The number of carbonyl (C=O) groups excluding carboxylic acids is 1. The van der Waals surface area contributed by atoms with Gasteiger partial charge in [-0.15, -0.1) is 0 Å². The lowest BCUT2D eigenvalue weighted by atomic mass is 9.94. The first-order valence-corrected chi connectivity index (χ1v) is 7.85. The van der Waals surface area contributed by atoms with Crippen LogP contribution in [-0.2, 0) is 4.79 Å². The molecule has 0 aliphatic carbocycles. The molecule has 0 spiro atoms. The average Bonchev–Trinajstić information content (AvgIpc) is 2.80. The van der Waals surface area contributed by atoms with Gasteiger partial charge in [0.1, 0.15) is 0 Å². The number of thiazole rings is 1. The standard InChI is InChI=1S/C15H19N3OS/c1-9-3-4-11-13(8-9)20-15(17-11)18-14(19)12-7-10(2)5-6-16-12/h3-4,8,10,12,16H,5-7H2,1-2H3,(H,17,18,19). The van der Waals surface area contributed by atoms with Crippen LogP contribution in [0.2, 0.25) is 0 Å². The smallest absolute Gasteiger partial charge is 0.243 e. The molecule has 5 heteroatoms. The molecule has 1 aromatic heterocycles. The van der Waals surface area contributed by atoms with Crippen molar-refractivity contribution in [2.45, 2.75) is 32.7 Å². The maximum absolute atomic E-state index is 12.2. The Kier molecular flexibility index (Phi) is 3.72. The zero-order valence-corrected chi connectivity index (χ0v) is 12.6. The number of anilines is 1. The lowest BCUT2D eigenvalue weighted by molar-refractivity contribution is -0.119. The van der Waals surface area contributed by atoms with E-state index in [4.69, 9.17) is 0 Å². The Labute approximate surface area is 122 Å². The van der Waals surface area contributed by atoms with Crippen LogP contribution in [-0.4, -0.2) is 23.5 Å². The van der Waals surface area contributed by atoms with Crippen LogP contribution >= 0.6 is 11.3 Å². The SMILES string of the molecule is Cc1ccc2nc(NC(=O)C3CC(C)CCN3)sc2c1. The highest BCUT2D eigenvalue weighted by atomic mass is 32.1. The number of piperidine rings is 1. The van der Waals surface area contributed by atoms with E-state index in [0.717, 1.165) is 29.6 Å². The van der Waals surface area contributed by atoms with E-state index in [1.807, 2.05) is 12.1 Å². The summed E-state index contributed by atoms with van der Waals surface area (Å²) in [5.74, 6) is 0.636. The van der Waals surface area contributed by atoms with Crippen molar-refractivity contribution in [3.63, 3.8) is 0 Å². The first-order valence-electron chi connectivity index (χ1n) is 7.03. The highest BCUT2D eigenvalue weighted by Crippen LogP contribution is 2.27. The minimum absolute atomic E-state index is 0.0346. The summed E-state index contributed by atoms with van der Waals surface area (Å²) in [6.07, 6.45) is 2.04. The van der Waals surface area contributed by atoms with E-state index < -0.39 is 0 Å². The molecular formula is C15H19N3OS. The molecule has 2 unspecified atom stereocenters. The normalized spacial score (nSPS) is 22.9. The minimum Gasteiger partial charge on any atom is -0.306 e. The summed E-state index contributed by atoms with van der Waals surface area (Å²) < 4.78 is 1.12. The summed E-state index contributed by atoms with van der Waals surface area (Å²) in [7, 11) is 0. The Morgan fingerprint density at radius 2 is 2.35 bits per heavy atom. The van der Waals surface area contributed by atoms with Crippen molar-refractivity contribution >= 4 is 32.6 Å². The number of nitrogens with one attached hydrogen (secondary N) is 2. The van der Waals surface area contributed by atoms with Crippen molar-refractivity contribution < 1.29 is 4.79 Å². The molecule has 2 N–H and O–H groups in total. The molecule has 0 radical (unpaired) electrons. The van der Waals surface area contributed by atoms with Crippen molar-refractivity contribution in [2.75, 3.05) is 11.9 Å². The van der Waals surface area contributed by atoms with Crippen molar-refractivity contribution in [3.05, 3.63) is 23.8 Å². The summed E-state index contributed by atoms with van der Waals surface area (Å²) in [5.41, 5.74) is 2.16. The number of fused-ring (bicyclic) bond motifs is 1. The number of rotatable bonds is 2. The fourth-order valence-corrected chi connectivity index (χ4v) is 3.55. The Morgan fingerprint density at radius 1 is 1.50 bits per heavy atom. The summed E-state index contributed by atoms with van der Waals surface area (Å²) in [4.78, 5) is 16.7. The van der Waals surface area contributed by atoms with Crippen molar-refractivity contribution in [3.8, 4) is 0 Å². The number of amides is 1. The maximum Gasteiger partial charge on any atom is 0.243 e. The second-order valence-electron chi connectivity index (χ2n) is 5.62. The molecule has 1 amide bonds. The summed E-state index contributed by atoms with van der Waals surface area (Å²) in [6, 6.07) is 6.05. The van der Waals surface area contributed by atoms with Crippen LogP contribution in [0, 0.1) is 12.8 Å². The number of hydrogen-bond donors (Lipinski definition) is 2. The minimum atomic E-state index is -0.0903. The van der Waals surface area contributed by atoms with Gasteiger partial charge in [-0.2, -0.15) is 0 Å². The molecule has 0 bridgehead atoms. The third-order valence-electron chi connectivity index (χ3n) is 3.76. The average molecular weight is 289 g/mol. The molecule has 1 aliphatic heterocycles. The Morgan fingerprint density at radius 3 is 3.15 bits per heavy atom. The molecule has 3 rings (SSSR count). The highest BCUT2D eigenvalue weighted by molar-refractivity contribution is 7.22. The molecule has 1 fully saturated rings. The zero-order valence-electron chi connectivity index (χ0n) is 11.8. The molecule has 2 heterocycles. The van der Waals surface area contributed by atoms with E-state index in [1.54, 1.807) is 0 Å². The molecular weight excluding hydrogens is 270 g/mol. The van der Waals surface area contributed by atoms with E-state index in [-0.39, 0.29) is 11.9 Å². The summed E-state index contributed by atoms with van der Waals surface area (Å²) >= 11 is 1.53. The molecule has 1 saturated heterocycles. The molecule has 2 aromatic rings. The van der Waals surface area contributed by atoms with E-state index in [0.29, 0.717) is 11.0 Å². The fourth-order valence-electron chi connectivity index (χ4n) is 2.59. The van der Waals surface area contributed by atoms with Gasteiger partial charge in [-0.3, -0.25) is 4.79 Å². The lowest BCUT2D eigenvalue weighted by Crippen LogP contribution is -2.45. The highest BCUT2D eigenvalue weighted by Gasteiger charge is 2.25. The first-order chi connectivity index (χ1) is 9.61. The maximum atomic E-state index is 12.2. The summed E-state index contributed by atoms with van der Waals surface area (Å²) in [5, 5.41) is 6.91. The van der Waals surface area contributed by atoms with Gasteiger partial charge in [0.15, 0.2) is 5.13 Å². The number of benzene rings is 1. The zero-order chi connectivity index (χ0) is 14.1. The Balaban J connectivity index is 1.73. The van der Waals surface area contributed by atoms with Gasteiger partial charge in [0.2, 0.25) is 5.91 Å². The van der Waals surface area contributed by atoms with Gasteiger partial charge in [-0.25, -0.2) is 4.98 Å². The molecule has 0 saturated carbocycles. The predicted molar refractivity (Wildman–Crippen MR) is 83.2 cm³/mol. The Bertz CT molecular complexity index is 637. The van der Waals surface area contributed by atoms with E-state index in [2.05, 4.69) is 35.5 Å².